The second-order valence-corrected chi connectivity index (χ2v) is 8.24. The topological polar surface area (TPSA) is 50.5 Å². The summed E-state index contributed by atoms with van der Waals surface area (Å²) in [7, 11) is 0. The summed E-state index contributed by atoms with van der Waals surface area (Å²) >= 11 is 3.42. The first-order valence-electron chi connectivity index (χ1n) is 8.22. The number of hydrogen-bond donors (Lipinski definition) is 0. The van der Waals surface area contributed by atoms with Gasteiger partial charge in [-0.3, -0.25) is 9.59 Å². The Hall–Kier alpha value is -1.62. The highest BCUT2D eigenvalue weighted by Crippen LogP contribution is 2.36. The minimum absolute atomic E-state index is 0.0973. The summed E-state index contributed by atoms with van der Waals surface area (Å²) in [5.74, 6) is 0.439. The van der Waals surface area contributed by atoms with Crippen LogP contribution in [-0.2, 0) is 0 Å². The van der Waals surface area contributed by atoms with Crippen molar-refractivity contribution < 1.29 is 9.21 Å². The Kier molecular flexibility index (Phi) is 4.32. The van der Waals surface area contributed by atoms with Crippen LogP contribution in [0.15, 0.2) is 25.8 Å². The Morgan fingerprint density at radius 3 is 2.46 bits per heavy atom. The summed E-state index contributed by atoms with van der Waals surface area (Å²) in [6.07, 6.45) is 2.07. The van der Waals surface area contributed by atoms with E-state index in [1.54, 1.807) is 12.1 Å². The van der Waals surface area contributed by atoms with Crippen molar-refractivity contribution in [1.82, 2.24) is 0 Å². The predicted molar refractivity (Wildman–Crippen MR) is 100 cm³/mol. The molecular weight excluding hydrogens is 370 g/mol. The van der Waals surface area contributed by atoms with Crippen LogP contribution >= 0.6 is 15.9 Å². The van der Waals surface area contributed by atoms with Crippen LogP contribution in [0.25, 0.3) is 11.0 Å². The van der Waals surface area contributed by atoms with Crippen LogP contribution in [-0.4, -0.2) is 18.9 Å². The second-order valence-electron chi connectivity index (χ2n) is 7.45. The minimum atomic E-state index is -0.123. The highest BCUT2D eigenvalue weighted by Gasteiger charge is 2.29. The maximum absolute atomic E-state index is 12.8. The van der Waals surface area contributed by atoms with Crippen molar-refractivity contribution >= 4 is 38.6 Å². The Balaban J connectivity index is 2.18. The van der Waals surface area contributed by atoms with Gasteiger partial charge in [0.1, 0.15) is 4.47 Å². The number of fused-ring (bicyclic) bond motifs is 1. The van der Waals surface area contributed by atoms with Gasteiger partial charge in [0.05, 0.1) is 10.9 Å². The third-order valence-electron chi connectivity index (χ3n) is 4.85. The fourth-order valence-electron chi connectivity index (χ4n) is 3.19. The lowest BCUT2D eigenvalue weighted by molar-refractivity contribution is 0.101. The van der Waals surface area contributed by atoms with Crippen LogP contribution in [0.3, 0.4) is 0 Å². The number of hydrogen-bond acceptors (Lipinski definition) is 4. The van der Waals surface area contributed by atoms with E-state index in [1.807, 2.05) is 6.92 Å². The standard InChI is InChI=1S/C19H22BrNO3/c1-11-9-13(12(2)22)17-14(10-11)16(23)15(20)18(24-17)21-7-5-19(3,4)6-8-21/h9-10H,5-8H2,1-4H3. The molecule has 0 amide bonds. The smallest absolute Gasteiger partial charge is 0.214 e. The normalized spacial score (nSPS) is 17.3. The number of benzene rings is 1. The van der Waals surface area contributed by atoms with Gasteiger partial charge in [-0.25, -0.2) is 0 Å². The quantitative estimate of drug-likeness (QED) is 0.696. The van der Waals surface area contributed by atoms with Crippen molar-refractivity contribution in [2.75, 3.05) is 18.0 Å². The number of Topliss-reactive ketones (excluding diaryl/α,β-unsaturated/α-hetero) is 1. The van der Waals surface area contributed by atoms with Crippen LogP contribution in [0.1, 0.15) is 49.5 Å². The molecule has 0 bridgehead atoms. The molecule has 0 aliphatic carbocycles. The first-order valence-corrected chi connectivity index (χ1v) is 9.02. The van der Waals surface area contributed by atoms with Crippen molar-refractivity contribution in [2.24, 2.45) is 5.41 Å². The van der Waals surface area contributed by atoms with E-state index in [0.29, 0.717) is 32.3 Å². The van der Waals surface area contributed by atoms with E-state index in [1.165, 1.54) is 6.92 Å². The summed E-state index contributed by atoms with van der Waals surface area (Å²) in [5, 5.41) is 0.452. The maximum Gasteiger partial charge on any atom is 0.214 e. The van der Waals surface area contributed by atoms with Crippen molar-refractivity contribution in [3.8, 4) is 0 Å². The zero-order valence-corrected chi connectivity index (χ0v) is 16.1. The maximum atomic E-state index is 12.8. The number of rotatable bonds is 2. The second kappa shape index (κ2) is 6.03. The molecule has 1 saturated heterocycles. The Bertz CT molecular complexity index is 872. The molecule has 1 aliphatic heterocycles. The van der Waals surface area contributed by atoms with E-state index >= 15 is 0 Å². The molecule has 1 aromatic heterocycles. The molecule has 0 radical (unpaired) electrons. The molecule has 24 heavy (non-hydrogen) atoms. The Morgan fingerprint density at radius 1 is 1.25 bits per heavy atom. The Labute approximate surface area is 150 Å². The molecule has 0 atom stereocenters. The molecule has 2 aromatic rings. The van der Waals surface area contributed by atoms with E-state index < -0.39 is 0 Å². The number of anilines is 1. The Morgan fingerprint density at radius 2 is 1.88 bits per heavy atom. The number of nitrogens with zero attached hydrogens (tertiary/aromatic N) is 1. The van der Waals surface area contributed by atoms with Crippen molar-refractivity contribution in [3.05, 3.63) is 38.0 Å². The summed E-state index contributed by atoms with van der Waals surface area (Å²) < 4.78 is 6.53. The first-order chi connectivity index (χ1) is 11.2. The highest BCUT2D eigenvalue weighted by molar-refractivity contribution is 9.10. The summed E-state index contributed by atoms with van der Waals surface area (Å²) in [6, 6.07) is 3.56. The van der Waals surface area contributed by atoms with Gasteiger partial charge < -0.3 is 9.32 Å². The van der Waals surface area contributed by atoms with Gasteiger partial charge in [0.2, 0.25) is 11.3 Å². The van der Waals surface area contributed by atoms with Gasteiger partial charge >= 0.3 is 0 Å². The third kappa shape index (κ3) is 3.02. The van der Waals surface area contributed by atoms with E-state index in [2.05, 4.69) is 34.7 Å². The number of carbonyl (C=O) groups is 1. The van der Waals surface area contributed by atoms with E-state index in [-0.39, 0.29) is 11.2 Å². The van der Waals surface area contributed by atoms with E-state index in [9.17, 15) is 9.59 Å². The van der Waals surface area contributed by atoms with Gasteiger partial charge in [0.25, 0.3) is 0 Å². The summed E-state index contributed by atoms with van der Waals surface area (Å²) in [4.78, 5) is 26.9. The molecule has 4 nitrogen and oxygen atoms in total. The zero-order chi connectivity index (χ0) is 17.6. The molecule has 1 aromatic carbocycles. The van der Waals surface area contributed by atoms with Crippen LogP contribution in [0.5, 0.6) is 0 Å². The average Bonchev–Trinajstić information content (AvgIpc) is 2.51. The number of halogens is 1. The van der Waals surface area contributed by atoms with Crippen molar-refractivity contribution in [1.29, 1.82) is 0 Å². The molecule has 0 unspecified atom stereocenters. The van der Waals surface area contributed by atoms with Gasteiger partial charge in [-0.2, -0.15) is 0 Å². The van der Waals surface area contributed by atoms with Crippen LogP contribution in [0.2, 0.25) is 0 Å². The SMILES string of the molecule is CC(=O)c1cc(C)cc2c(=O)c(Br)c(N3CCC(C)(C)CC3)oc12. The van der Waals surface area contributed by atoms with Gasteiger partial charge in [0.15, 0.2) is 11.4 Å². The molecule has 128 valence electrons. The molecule has 0 saturated carbocycles. The van der Waals surface area contributed by atoms with Crippen LogP contribution in [0, 0.1) is 12.3 Å². The lowest BCUT2D eigenvalue weighted by Gasteiger charge is -2.37. The van der Waals surface area contributed by atoms with Gasteiger partial charge in [-0.15, -0.1) is 0 Å². The average molecular weight is 392 g/mol. The lowest BCUT2D eigenvalue weighted by Crippen LogP contribution is -2.38. The number of carbonyl (C=O) groups excluding carboxylic acids is 1. The lowest BCUT2D eigenvalue weighted by atomic mass is 9.83. The summed E-state index contributed by atoms with van der Waals surface area (Å²) in [5.41, 5.74) is 1.91. The van der Waals surface area contributed by atoms with Crippen LogP contribution < -0.4 is 10.3 Å². The van der Waals surface area contributed by atoms with Crippen LogP contribution in [0.4, 0.5) is 5.88 Å². The van der Waals surface area contributed by atoms with Gasteiger partial charge in [-0.05, 0) is 65.7 Å². The highest BCUT2D eigenvalue weighted by atomic mass is 79.9. The minimum Gasteiger partial charge on any atom is -0.438 e. The largest absolute Gasteiger partial charge is 0.438 e. The van der Waals surface area contributed by atoms with Gasteiger partial charge in [0, 0.05) is 13.1 Å². The third-order valence-corrected chi connectivity index (χ3v) is 5.55. The molecule has 3 rings (SSSR count). The van der Waals surface area contributed by atoms with Crippen molar-refractivity contribution in [3.63, 3.8) is 0 Å². The molecule has 2 heterocycles. The molecule has 1 aliphatic rings. The first kappa shape index (κ1) is 17.2. The zero-order valence-electron chi connectivity index (χ0n) is 14.5. The number of aryl methyl sites for hydroxylation is 1. The summed E-state index contributed by atoms with van der Waals surface area (Å²) in [6.45, 7) is 9.56. The van der Waals surface area contributed by atoms with Crippen molar-refractivity contribution in [2.45, 2.75) is 40.5 Å². The fraction of sp³-hybridized carbons (Fsp3) is 0.474. The molecule has 0 spiro atoms. The molecule has 0 N–H and O–H groups in total. The molecule has 1 fully saturated rings. The molecule has 5 heteroatoms. The number of piperidine rings is 1. The van der Waals surface area contributed by atoms with E-state index in [4.69, 9.17) is 4.42 Å². The molecular formula is C19H22BrNO3. The fourth-order valence-corrected chi connectivity index (χ4v) is 3.73. The van der Waals surface area contributed by atoms with E-state index in [0.717, 1.165) is 31.5 Å². The van der Waals surface area contributed by atoms with Gasteiger partial charge in [-0.1, -0.05) is 13.8 Å². The number of ketones is 1. The monoisotopic (exact) mass is 391 g/mol. The predicted octanol–water partition coefficient (Wildman–Crippen LogP) is 4.69.